The largest absolute Gasteiger partial charge is 0.337 e. The Morgan fingerprint density at radius 2 is 2.00 bits per heavy atom. The Kier molecular flexibility index (Phi) is 2.90. The lowest BCUT2D eigenvalue weighted by Crippen LogP contribution is -2.30. The van der Waals surface area contributed by atoms with Gasteiger partial charge in [0.25, 0.3) is 5.91 Å². The third kappa shape index (κ3) is 2.10. The van der Waals surface area contributed by atoms with Crippen LogP contribution in [0.15, 0.2) is 22.8 Å². The van der Waals surface area contributed by atoms with Crippen molar-refractivity contribution >= 4 is 21.8 Å². The molecule has 0 bridgehead atoms. The zero-order valence-electron chi connectivity index (χ0n) is 9.60. The van der Waals surface area contributed by atoms with E-state index in [1.165, 1.54) is 19.3 Å². The fourth-order valence-electron chi connectivity index (χ4n) is 3.07. The molecule has 1 saturated carbocycles. The zero-order chi connectivity index (χ0) is 11.8. The number of carbonyl (C=O) groups excluding carboxylic acids is 1. The summed E-state index contributed by atoms with van der Waals surface area (Å²) in [5.41, 5.74) is 0.563. The Bertz CT molecular complexity index is 420. The summed E-state index contributed by atoms with van der Waals surface area (Å²) in [6.07, 6.45) is 5.61. The van der Waals surface area contributed by atoms with E-state index in [9.17, 15) is 4.79 Å². The van der Waals surface area contributed by atoms with Crippen molar-refractivity contribution < 1.29 is 4.79 Å². The van der Waals surface area contributed by atoms with Gasteiger partial charge in [-0.15, -0.1) is 0 Å². The predicted octanol–water partition coefficient (Wildman–Crippen LogP) is 2.72. The normalized spacial score (nSPS) is 27.2. The van der Waals surface area contributed by atoms with Gasteiger partial charge >= 0.3 is 0 Å². The molecule has 2 fully saturated rings. The second kappa shape index (κ2) is 4.41. The van der Waals surface area contributed by atoms with Gasteiger partial charge in [-0.25, -0.2) is 4.98 Å². The van der Waals surface area contributed by atoms with Gasteiger partial charge in [0.2, 0.25) is 0 Å². The van der Waals surface area contributed by atoms with Crippen molar-refractivity contribution in [3.63, 3.8) is 0 Å². The molecule has 2 heterocycles. The molecule has 2 atom stereocenters. The first-order valence-corrected chi connectivity index (χ1v) is 6.94. The van der Waals surface area contributed by atoms with E-state index in [0.29, 0.717) is 5.69 Å². The molecule has 1 amide bonds. The molecule has 3 nitrogen and oxygen atoms in total. The average Bonchev–Trinajstić information content (AvgIpc) is 2.89. The Balaban J connectivity index is 1.73. The van der Waals surface area contributed by atoms with Crippen molar-refractivity contribution in [2.75, 3.05) is 13.1 Å². The summed E-state index contributed by atoms with van der Waals surface area (Å²) < 4.78 is 0.910. The molecule has 0 aromatic carbocycles. The number of rotatable bonds is 1. The van der Waals surface area contributed by atoms with Gasteiger partial charge in [0.15, 0.2) is 0 Å². The summed E-state index contributed by atoms with van der Waals surface area (Å²) >= 11 is 3.33. The minimum Gasteiger partial charge on any atom is -0.337 e. The summed E-state index contributed by atoms with van der Waals surface area (Å²) in [6.45, 7) is 1.86. The molecule has 1 aliphatic carbocycles. The highest BCUT2D eigenvalue weighted by atomic mass is 79.9. The van der Waals surface area contributed by atoms with Gasteiger partial charge in [-0.2, -0.15) is 0 Å². The van der Waals surface area contributed by atoms with E-state index in [4.69, 9.17) is 0 Å². The number of amides is 1. The minimum atomic E-state index is 0.0897. The summed E-state index contributed by atoms with van der Waals surface area (Å²) in [5, 5.41) is 0. The molecule has 90 valence electrons. The number of hydrogen-bond acceptors (Lipinski definition) is 2. The number of aromatic nitrogens is 1. The Labute approximate surface area is 109 Å². The summed E-state index contributed by atoms with van der Waals surface area (Å²) in [4.78, 5) is 18.4. The maximum atomic E-state index is 12.2. The van der Waals surface area contributed by atoms with Crippen LogP contribution < -0.4 is 0 Å². The Morgan fingerprint density at radius 3 is 2.59 bits per heavy atom. The quantitative estimate of drug-likeness (QED) is 0.798. The van der Waals surface area contributed by atoms with E-state index in [1.54, 1.807) is 12.3 Å². The third-order valence-electron chi connectivity index (χ3n) is 3.96. The highest BCUT2D eigenvalue weighted by Gasteiger charge is 2.38. The molecule has 17 heavy (non-hydrogen) atoms. The van der Waals surface area contributed by atoms with Crippen molar-refractivity contribution in [2.24, 2.45) is 11.8 Å². The first-order chi connectivity index (χ1) is 8.24. The van der Waals surface area contributed by atoms with Crippen LogP contribution in [-0.2, 0) is 0 Å². The molecule has 2 aliphatic rings. The molecule has 0 N–H and O–H groups in total. The Hall–Kier alpha value is -0.900. The van der Waals surface area contributed by atoms with E-state index in [0.717, 1.165) is 29.4 Å². The molecule has 4 heteroatoms. The van der Waals surface area contributed by atoms with E-state index in [2.05, 4.69) is 20.9 Å². The van der Waals surface area contributed by atoms with Gasteiger partial charge in [0, 0.05) is 23.8 Å². The van der Waals surface area contributed by atoms with Gasteiger partial charge in [0.1, 0.15) is 5.69 Å². The standard InChI is InChI=1S/C13H15BrN2O/c14-11-4-5-12(15-6-11)13(17)16-7-9-2-1-3-10(9)8-16/h4-6,9-10H,1-3,7-8H2. The maximum Gasteiger partial charge on any atom is 0.272 e. The topological polar surface area (TPSA) is 33.2 Å². The van der Waals surface area contributed by atoms with Crippen molar-refractivity contribution in [2.45, 2.75) is 19.3 Å². The number of carbonyl (C=O) groups is 1. The Morgan fingerprint density at radius 1 is 1.29 bits per heavy atom. The van der Waals surface area contributed by atoms with Gasteiger partial charge in [-0.05, 0) is 52.7 Å². The molecular weight excluding hydrogens is 280 g/mol. The molecule has 3 rings (SSSR count). The number of pyridine rings is 1. The van der Waals surface area contributed by atoms with Crippen LogP contribution in [0.2, 0.25) is 0 Å². The van der Waals surface area contributed by atoms with Crippen molar-refractivity contribution in [1.29, 1.82) is 0 Å². The van der Waals surface area contributed by atoms with Gasteiger partial charge < -0.3 is 4.90 Å². The number of likely N-dealkylation sites (tertiary alicyclic amines) is 1. The van der Waals surface area contributed by atoms with Crippen LogP contribution in [0.1, 0.15) is 29.8 Å². The third-order valence-corrected chi connectivity index (χ3v) is 4.43. The van der Waals surface area contributed by atoms with Gasteiger partial charge in [-0.3, -0.25) is 4.79 Å². The van der Waals surface area contributed by atoms with Crippen LogP contribution >= 0.6 is 15.9 Å². The summed E-state index contributed by atoms with van der Waals surface area (Å²) in [6, 6.07) is 3.66. The molecule has 0 spiro atoms. The first kappa shape index (κ1) is 11.2. The van der Waals surface area contributed by atoms with Crippen molar-refractivity contribution in [1.82, 2.24) is 9.88 Å². The minimum absolute atomic E-state index is 0.0897. The first-order valence-electron chi connectivity index (χ1n) is 6.15. The smallest absolute Gasteiger partial charge is 0.272 e. The molecule has 1 aliphatic heterocycles. The number of nitrogens with zero attached hydrogens (tertiary/aromatic N) is 2. The molecule has 1 aromatic rings. The van der Waals surface area contributed by atoms with Crippen LogP contribution in [0.25, 0.3) is 0 Å². The maximum absolute atomic E-state index is 12.2. The van der Waals surface area contributed by atoms with Gasteiger partial charge in [0.05, 0.1) is 0 Å². The zero-order valence-corrected chi connectivity index (χ0v) is 11.2. The molecular formula is C13H15BrN2O. The SMILES string of the molecule is O=C(c1ccc(Br)cn1)N1CC2CCCC2C1. The average molecular weight is 295 g/mol. The fourth-order valence-corrected chi connectivity index (χ4v) is 3.30. The van der Waals surface area contributed by atoms with Crippen molar-refractivity contribution in [3.05, 3.63) is 28.5 Å². The van der Waals surface area contributed by atoms with Crippen molar-refractivity contribution in [3.8, 4) is 0 Å². The summed E-state index contributed by atoms with van der Waals surface area (Å²) in [7, 11) is 0. The highest BCUT2D eigenvalue weighted by Crippen LogP contribution is 2.38. The van der Waals surface area contributed by atoms with E-state index < -0.39 is 0 Å². The highest BCUT2D eigenvalue weighted by molar-refractivity contribution is 9.10. The lowest BCUT2D eigenvalue weighted by molar-refractivity contribution is 0.0775. The van der Waals surface area contributed by atoms with E-state index in [-0.39, 0.29) is 5.91 Å². The molecule has 1 saturated heterocycles. The predicted molar refractivity (Wildman–Crippen MR) is 68.7 cm³/mol. The number of halogens is 1. The second-order valence-corrected chi connectivity index (χ2v) is 5.94. The van der Waals surface area contributed by atoms with E-state index in [1.807, 2.05) is 11.0 Å². The van der Waals surface area contributed by atoms with Crippen LogP contribution in [-0.4, -0.2) is 28.9 Å². The van der Waals surface area contributed by atoms with Crippen LogP contribution in [0, 0.1) is 11.8 Å². The lowest BCUT2D eigenvalue weighted by Gasteiger charge is -2.16. The number of hydrogen-bond donors (Lipinski definition) is 0. The molecule has 1 aromatic heterocycles. The lowest BCUT2D eigenvalue weighted by atomic mass is 10.0. The van der Waals surface area contributed by atoms with Gasteiger partial charge in [-0.1, -0.05) is 6.42 Å². The molecule has 0 radical (unpaired) electrons. The fraction of sp³-hybridized carbons (Fsp3) is 0.538. The molecule has 2 unspecified atom stereocenters. The van der Waals surface area contributed by atoms with E-state index >= 15 is 0 Å². The monoisotopic (exact) mass is 294 g/mol. The van der Waals surface area contributed by atoms with Crippen LogP contribution in [0.4, 0.5) is 0 Å². The summed E-state index contributed by atoms with van der Waals surface area (Å²) in [5.74, 6) is 1.58. The van der Waals surface area contributed by atoms with Crippen LogP contribution in [0.5, 0.6) is 0 Å². The number of fused-ring (bicyclic) bond motifs is 1. The second-order valence-electron chi connectivity index (χ2n) is 5.02. The van der Waals surface area contributed by atoms with Crippen LogP contribution in [0.3, 0.4) is 0 Å².